The molecule has 1 aromatic carbocycles. The highest BCUT2D eigenvalue weighted by molar-refractivity contribution is 5.92. The number of benzene rings is 1. The molecule has 2 amide bonds. The summed E-state index contributed by atoms with van der Waals surface area (Å²) < 4.78 is 10.5. The van der Waals surface area contributed by atoms with E-state index in [1.807, 2.05) is 23.1 Å². The molecule has 0 bridgehead atoms. The fourth-order valence-electron chi connectivity index (χ4n) is 4.17. The van der Waals surface area contributed by atoms with Gasteiger partial charge in [-0.15, -0.1) is 0 Å². The molecule has 2 aliphatic heterocycles. The number of piperidine rings is 1. The van der Waals surface area contributed by atoms with Crippen LogP contribution in [0.15, 0.2) is 47.1 Å². The number of amides is 2. The lowest BCUT2D eigenvalue weighted by Gasteiger charge is -2.39. The van der Waals surface area contributed by atoms with Crippen LogP contribution in [0.2, 0.25) is 0 Å². The highest BCUT2D eigenvalue weighted by Gasteiger charge is 2.33. The van der Waals surface area contributed by atoms with Crippen molar-refractivity contribution >= 4 is 17.5 Å². The van der Waals surface area contributed by atoms with Crippen LogP contribution in [0.5, 0.6) is 5.75 Å². The number of rotatable bonds is 4. The number of hydrogen-bond donors (Lipinski definition) is 0. The summed E-state index contributed by atoms with van der Waals surface area (Å²) in [6, 6.07) is 11.4. The molecule has 4 rings (SSSR count). The summed E-state index contributed by atoms with van der Waals surface area (Å²) in [6.07, 6.45) is 3.17. The van der Waals surface area contributed by atoms with Crippen molar-refractivity contribution in [2.75, 3.05) is 51.3 Å². The number of piperazine rings is 1. The fraction of sp³-hybridized carbons (Fsp3) is 0.455. The minimum absolute atomic E-state index is 0.129. The molecule has 154 valence electrons. The molecule has 0 N–H and O–H groups in total. The highest BCUT2D eigenvalue weighted by Crippen LogP contribution is 2.24. The van der Waals surface area contributed by atoms with Gasteiger partial charge in [0.1, 0.15) is 5.75 Å². The number of ether oxygens (including phenoxy) is 1. The van der Waals surface area contributed by atoms with E-state index in [9.17, 15) is 9.59 Å². The van der Waals surface area contributed by atoms with E-state index in [0.717, 1.165) is 37.4 Å². The SMILES string of the molecule is COc1cccc(N2CCN(C(=O)C3CCCN(C(=O)c4ccco4)C3)CC2)c1. The van der Waals surface area contributed by atoms with Gasteiger partial charge in [-0.2, -0.15) is 0 Å². The van der Waals surface area contributed by atoms with Gasteiger partial charge < -0.3 is 23.9 Å². The minimum Gasteiger partial charge on any atom is -0.497 e. The van der Waals surface area contributed by atoms with E-state index in [4.69, 9.17) is 9.15 Å². The van der Waals surface area contributed by atoms with Gasteiger partial charge in [-0.3, -0.25) is 9.59 Å². The zero-order valence-corrected chi connectivity index (χ0v) is 16.8. The van der Waals surface area contributed by atoms with Crippen molar-refractivity contribution in [1.29, 1.82) is 0 Å². The van der Waals surface area contributed by atoms with Crippen molar-refractivity contribution in [3.8, 4) is 5.75 Å². The second kappa shape index (κ2) is 8.59. The number of carbonyl (C=O) groups is 2. The summed E-state index contributed by atoms with van der Waals surface area (Å²) in [5.41, 5.74) is 1.12. The highest BCUT2D eigenvalue weighted by atomic mass is 16.5. The Labute approximate surface area is 170 Å². The second-order valence-corrected chi connectivity index (χ2v) is 7.58. The van der Waals surface area contributed by atoms with Crippen molar-refractivity contribution < 1.29 is 18.7 Å². The van der Waals surface area contributed by atoms with Crippen molar-refractivity contribution in [3.63, 3.8) is 0 Å². The molecule has 2 fully saturated rings. The molecule has 3 heterocycles. The minimum atomic E-state index is -0.133. The summed E-state index contributed by atoms with van der Waals surface area (Å²) in [5, 5.41) is 0. The first-order valence-electron chi connectivity index (χ1n) is 10.2. The van der Waals surface area contributed by atoms with Crippen LogP contribution in [0.1, 0.15) is 23.4 Å². The quantitative estimate of drug-likeness (QED) is 0.793. The fourth-order valence-corrected chi connectivity index (χ4v) is 4.17. The van der Waals surface area contributed by atoms with Crippen LogP contribution in [0, 0.1) is 5.92 Å². The van der Waals surface area contributed by atoms with Crippen LogP contribution in [0.3, 0.4) is 0 Å². The molecular formula is C22H27N3O4. The third kappa shape index (κ3) is 4.23. The Morgan fingerprint density at radius 1 is 1.03 bits per heavy atom. The topological polar surface area (TPSA) is 66.2 Å². The van der Waals surface area contributed by atoms with Gasteiger partial charge >= 0.3 is 0 Å². The number of nitrogens with zero attached hydrogens (tertiary/aromatic N) is 3. The van der Waals surface area contributed by atoms with E-state index in [2.05, 4.69) is 11.0 Å². The molecule has 0 aliphatic carbocycles. The number of methoxy groups -OCH3 is 1. The zero-order valence-electron chi connectivity index (χ0n) is 16.8. The first kappa shape index (κ1) is 19.4. The van der Waals surface area contributed by atoms with Crippen molar-refractivity contribution in [1.82, 2.24) is 9.80 Å². The van der Waals surface area contributed by atoms with Gasteiger partial charge in [0.2, 0.25) is 5.91 Å². The number of hydrogen-bond acceptors (Lipinski definition) is 5. The molecule has 29 heavy (non-hydrogen) atoms. The van der Waals surface area contributed by atoms with E-state index in [1.54, 1.807) is 24.1 Å². The van der Waals surface area contributed by atoms with Gasteiger partial charge in [-0.1, -0.05) is 6.07 Å². The second-order valence-electron chi connectivity index (χ2n) is 7.58. The average Bonchev–Trinajstić information content (AvgIpc) is 3.33. The van der Waals surface area contributed by atoms with Gasteiger partial charge in [0.25, 0.3) is 5.91 Å². The van der Waals surface area contributed by atoms with E-state index in [0.29, 0.717) is 31.9 Å². The van der Waals surface area contributed by atoms with Gasteiger partial charge in [0.05, 0.1) is 19.3 Å². The average molecular weight is 397 g/mol. The molecule has 2 aromatic rings. The molecule has 1 aromatic heterocycles. The molecule has 1 unspecified atom stereocenters. The summed E-state index contributed by atoms with van der Waals surface area (Å²) >= 11 is 0. The Bertz CT molecular complexity index is 844. The summed E-state index contributed by atoms with van der Waals surface area (Å²) in [7, 11) is 1.67. The maximum Gasteiger partial charge on any atom is 0.289 e. The van der Waals surface area contributed by atoms with Crippen molar-refractivity contribution in [2.45, 2.75) is 12.8 Å². The monoisotopic (exact) mass is 397 g/mol. The maximum absolute atomic E-state index is 13.1. The Hall–Kier alpha value is -2.96. The van der Waals surface area contributed by atoms with Crippen LogP contribution >= 0.6 is 0 Å². The molecule has 7 nitrogen and oxygen atoms in total. The maximum atomic E-state index is 13.1. The van der Waals surface area contributed by atoms with Crippen LogP contribution < -0.4 is 9.64 Å². The Morgan fingerprint density at radius 2 is 1.86 bits per heavy atom. The van der Waals surface area contributed by atoms with Crippen LogP contribution in [-0.2, 0) is 4.79 Å². The Kier molecular flexibility index (Phi) is 5.74. The van der Waals surface area contributed by atoms with E-state index in [1.165, 1.54) is 6.26 Å². The lowest BCUT2D eigenvalue weighted by atomic mass is 9.96. The van der Waals surface area contributed by atoms with Crippen LogP contribution in [0.25, 0.3) is 0 Å². The van der Waals surface area contributed by atoms with E-state index in [-0.39, 0.29) is 17.7 Å². The third-order valence-electron chi connectivity index (χ3n) is 5.80. The predicted octanol–water partition coefficient (Wildman–Crippen LogP) is 2.49. The van der Waals surface area contributed by atoms with Crippen molar-refractivity contribution in [2.24, 2.45) is 5.92 Å². The number of carbonyl (C=O) groups excluding carboxylic acids is 2. The largest absolute Gasteiger partial charge is 0.497 e. The normalized spacial score (nSPS) is 19.9. The molecule has 0 saturated carbocycles. The Balaban J connectivity index is 1.33. The molecule has 1 atom stereocenters. The van der Waals surface area contributed by atoms with Crippen molar-refractivity contribution in [3.05, 3.63) is 48.4 Å². The molecule has 2 saturated heterocycles. The van der Waals surface area contributed by atoms with E-state index < -0.39 is 0 Å². The van der Waals surface area contributed by atoms with Crippen LogP contribution in [-0.4, -0.2) is 68.0 Å². The molecule has 0 spiro atoms. The molecule has 7 heteroatoms. The van der Waals surface area contributed by atoms with Gasteiger partial charge in [-0.25, -0.2) is 0 Å². The summed E-state index contributed by atoms with van der Waals surface area (Å²) in [4.78, 5) is 31.6. The van der Waals surface area contributed by atoms with Gasteiger partial charge in [0.15, 0.2) is 5.76 Å². The smallest absolute Gasteiger partial charge is 0.289 e. The molecule has 2 aliphatic rings. The van der Waals surface area contributed by atoms with E-state index >= 15 is 0 Å². The first-order valence-corrected chi connectivity index (χ1v) is 10.2. The number of furan rings is 1. The summed E-state index contributed by atoms with van der Waals surface area (Å²) in [6.45, 7) is 4.11. The molecule has 0 radical (unpaired) electrons. The number of likely N-dealkylation sites (tertiary alicyclic amines) is 1. The molecular weight excluding hydrogens is 370 g/mol. The van der Waals surface area contributed by atoms with Gasteiger partial charge in [-0.05, 0) is 37.1 Å². The van der Waals surface area contributed by atoms with Crippen LogP contribution in [0.4, 0.5) is 5.69 Å². The number of anilines is 1. The first-order chi connectivity index (χ1) is 14.2. The Morgan fingerprint density at radius 3 is 2.59 bits per heavy atom. The zero-order chi connectivity index (χ0) is 20.2. The van der Waals surface area contributed by atoms with Gasteiger partial charge in [0, 0.05) is 51.0 Å². The third-order valence-corrected chi connectivity index (χ3v) is 5.80. The summed E-state index contributed by atoms with van der Waals surface area (Å²) in [5.74, 6) is 1.07. The lowest BCUT2D eigenvalue weighted by molar-refractivity contribution is -0.137. The lowest BCUT2D eigenvalue weighted by Crippen LogP contribution is -2.53. The predicted molar refractivity (Wildman–Crippen MR) is 109 cm³/mol. The standard InChI is InChI=1S/C22H27N3O4/c1-28-19-7-2-6-18(15-19)23-10-12-24(13-11-23)21(26)17-5-3-9-25(16-17)22(27)20-8-4-14-29-20/h2,4,6-8,14-15,17H,3,5,9-13,16H2,1H3.